The molecule has 0 amide bonds. The van der Waals surface area contributed by atoms with Crippen molar-refractivity contribution in [1.82, 2.24) is 0 Å². The molecule has 0 bridgehead atoms. The molecule has 0 spiro atoms. The van der Waals surface area contributed by atoms with Crippen molar-refractivity contribution in [1.29, 1.82) is 0 Å². The second-order valence-electron chi connectivity index (χ2n) is 0.238. The molecule has 0 heterocycles. The Bertz CT molecular complexity index is 37.9. The quantitative estimate of drug-likeness (QED) is 0.251. The molecule has 0 fully saturated rings. The topological polar surface area (TPSA) is 63.4 Å². The molecule has 0 aliphatic heterocycles. The molecular formula is H2AgNNaO3. The average Bonchev–Trinajstić information content (AvgIpc) is 0.811. The first-order valence-electron chi connectivity index (χ1n) is 0.565. The van der Waals surface area contributed by atoms with Crippen LogP contribution < -0.4 is 29.6 Å². The Balaban J connectivity index is -0.0000000150. The third-order valence-corrected chi connectivity index (χ3v) is 0. The van der Waals surface area contributed by atoms with Crippen molar-refractivity contribution in [2.24, 2.45) is 0 Å². The van der Waals surface area contributed by atoms with Gasteiger partial charge in [-0.05, 0) is 0 Å². The SMILES string of the molecule is O=[N+]([O-])O.[Ag].[H-].[Na+]. The smallest absolute Gasteiger partial charge is 1.00 e. The predicted octanol–water partition coefficient (Wildman–Crippen LogP) is -3.23. The Morgan fingerprint density at radius 1 is 1.83 bits per heavy atom. The fraction of sp³-hybridized carbons (Fsp3) is 0. The van der Waals surface area contributed by atoms with Crippen molar-refractivity contribution in [3.63, 3.8) is 0 Å². The average molecular weight is 195 g/mol. The maximum Gasteiger partial charge on any atom is 1.00 e. The van der Waals surface area contributed by atoms with Crippen LogP contribution in [0.25, 0.3) is 0 Å². The summed E-state index contributed by atoms with van der Waals surface area (Å²) in [6.07, 6.45) is 0. The molecule has 0 aromatic carbocycles. The Labute approximate surface area is 73.3 Å². The van der Waals surface area contributed by atoms with E-state index in [2.05, 4.69) is 0 Å². The first kappa shape index (κ1) is 15.8. The third kappa shape index (κ3) is 86.8. The van der Waals surface area contributed by atoms with E-state index < -0.39 is 5.09 Å². The van der Waals surface area contributed by atoms with Crippen LogP contribution in [0.15, 0.2) is 0 Å². The standard InChI is InChI=1S/Ag.HNO3.Na.H/c;2-1(3)4;;/h;(H,2,3,4);;/q;;+1;-1. The third-order valence-electron chi connectivity index (χ3n) is 0. The molecule has 0 unspecified atom stereocenters. The zero-order valence-electron chi connectivity index (χ0n) is 4.01. The van der Waals surface area contributed by atoms with Crippen molar-refractivity contribution in [3.05, 3.63) is 10.1 Å². The maximum absolute atomic E-state index is 8.36. The van der Waals surface area contributed by atoms with Gasteiger partial charge in [0.05, 0.1) is 0 Å². The van der Waals surface area contributed by atoms with Gasteiger partial charge in [0.2, 0.25) is 0 Å². The molecule has 6 heavy (non-hydrogen) atoms. The molecule has 0 rings (SSSR count). The predicted molar refractivity (Wildman–Crippen MR) is 9.89 cm³/mol. The van der Waals surface area contributed by atoms with Crippen molar-refractivity contribution in [2.45, 2.75) is 0 Å². The van der Waals surface area contributed by atoms with Crippen LogP contribution in [0, 0.1) is 10.1 Å². The van der Waals surface area contributed by atoms with Crippen LogP contribution in [0.5, 0.6) is 0 Å². The summed E-state index contributed by atoms with van der Waals surface area (Å²) >= 11 is 0. The normalized spacial score (nSPS) is 4.00. The summed E-state index contributed by atoms with van der Waals surface area (Å²) in [4.78, 5) is 8.36. The van der Waals surface area contributed by atoms with Crippen LogP contribution in [-0.2, 0) is 22.4 Å². The second kappa shape index (κ2) is 9.34. The summed E-state index contributed by atoms with van der Waals surface area (Å²) in [7, 11) is 0. The van der Waals surface area contributed by atoms with Crippen LogP contribution in [0.2, 0.25) is 0 Å². The zero-order valence-corrected chi connectivity index (χ0v) is 6.49. The van der Waals surface area contributed by atoms with E-state index in [0.717, 1.165) is 0 Å². The van der Waals surface area contributed by atoms with Gasteiger partial charge in [-0.3, -0.25) is 0 Å². The van der Waals surface area contributed by atoms with Crippen molar-refractivity contribution >= 4 is 0 Å². The largest absolute Gasteiger partial charge is 1.00 e. The van der Waals surface area contributed by atoms with E-state index >= 15 is 0 Å². The van der Waals surface area contributed by atoms with Crippen molar-refractivity contribution in [3.8, 4) is 0 Å². The molecule has 1 radical (unpaired) electrons. The first-order chi connectivity index (χ1) is 1.73. The van der Waals surface area contributed by atoms with E-state index in [-0.39, 0.29) is 53.4 Å². The molecule has 4 nitrogen and oxygen atoms in total. The molecule has 1 N–H and O–H groups in total. The molecule has 0 aromatic rings. The van der Waals surface area contributed by atoms with E-state index in [1.807, 2.05) is 0 Å². The molecule has 0 aliphatic carbocycles. The minimum Gasteiger partial charge on any atom is -1.00 e. The van der Waals surface area contributed by atoms with Gasteiger partial charge in [0.15, 0.2) is 0 Å². The van der Waals surface area contributed by atoms with Crippen LogP contribution in [-0.4, -0.2) is 10.3 Å². The van der Waals surface area contributed by atoms with Crippen LogP contribution in [0.4, 0.5) is 0 Å². The molecule has 0 aliphatic rings. The van der Waals surface area contributed by atoms with Gasteiger partial charge in [0.25, 0.3) is 5.09 Å². The van der Waals surface area contributed by atoms with E-state index in [1.54, 1.807) is 0 Å². The molecule has 6 heteroatoms. The molecule has 0 aromatic heterocycles. The number of rotatable bonds is 0. The van der Waals surface area contributed by atoms with E-state index in [4.69, 9.17) is 15.3 Å². The van der Waals surface area contributed by atoms with Gasteiger partial charge < -0.3 is 6.63 Å². The summed E-state index contributed by atoms with van der Waals surface area (Å²) in [5, 5.41) is 13.6. The monoisotopic (exact) mass is 194 g/mol. The summed E-state index contributed by atoms with van der Waals surface area (Å²) in [6, 6.07) is 0. The van der Waals surface area contributed by atoms with Crippen molar-refractivity contribution < 1.29 is 63.7 Å². The summed E-state index contributed by atoms with van der Waals surface area (Å²) in [5.41, 5.74) is 0. The van der Waals surface area contributed by atoms with Gasteiger partial charge in [0.1, 0.15) is 0 Å². The summed E-state index contributed by atoms with van der Waals surface area (Å²) in [5.74, 6) is 0. The molecule has 0 saturated carbocycles. The maximum atomic E-state index is 8.36. The van der Waals surface area contributed by atoms with Crippen LogP contribution >= 0.6 is 0 Å². The first-order valence-corrected chi connectivity index (χ1v) is 0.565. The molecule has 37 valence electrons. The Morgan fingerprint density at radius 2 is 1.83 bits per heavy atom. The zero-order chi connectivity index (χ0) is 3.58. The van der Waals surface area contributed by atoms with Gasteiger partial charge in [-0.15, -0.1) is 10.1 Å². The Hall–Kier alpha value is 0.940. The minimum atomic E-state index is -1.50. The Kier molecular flexibility index (Phi) is 24.5. The van der Waals surface area contributed by atoms with E-state index in [0.29, 0.717) is 0 Å². The van der Waals surface area contributed by atoms with Crippen LogP contribution in [0.3, 0.4) is 0 Å². The Morgan fingerprint density at radius 3 is 1.83 bits per heavy atom. The van der Waals surface area contributed by atoms with Gasteiger partial charge in [-0.25, -0.2) is 0 Å². The van der Waals surface area contributed by atoms with E-state index in [1.165, 1.54) is 0 Å². The fourth-order valence-electron chi connectivity index (χ4n) is 0. The van der Waals surface area contributed by atoms with Gasteiger partial charge in [-0.1, -0.05) is 0 Å². The fourth-order valence-corrected chi connectivity index (χ4v) is 0. The summed E-state index contributed by atoms with van der Waals surface area (Å²) < 4.78 is 0. The van der Waals surface area contributed by atoms with Gasteiger partial charge in [0, 0.05) is 22.4 Å². The number of hydrogen-bond acceptors (Lipinski definition) is 2. The molecule has 0 saturated heterocycles. The molecular weight excluding hydrogens is 193 g/mol. The number of nitrogens with zero attached hydrogens (tertiary/aromatic N) is 1. The van der Waals surface area contributed by atoms with Crippen LogP contribution in [0.1, 0.15) is 1.43 Å². The summed E-state index contributed by atoms with van der Waals surface area (Å²) in [6.45, 7) is 0. The molecule has 0 atom stereocenters. The van der Waals surface area contributed by atoms with Gasteiger partial charge in [-0.2, -0.15) is 0 Å². The number of hydrogen-bond donors (Lipinski definition) is 1. The van der Waals surface area contributed by atoms with E-state index in [9.17, 15) is 0 Å². The van der Waals surface area contributed by atoms with Gasteiger partial charge >= 0.3 is 29.6 Å². The minimum absolute atomic E-state index is 0. The van der Waals surface area contributed by atoms with Crippen molar-refractivity contribution in [2.75, 3.05) is 0 Å². The second-order valence-corrected chi connectivity index (χ2v) is 0.238.